The van der Waals surface area contributed by atoms with Crippen molar-refractivity contribution in [1.29, 1.82) is 0 Å². The molecule has 0 fully saturated rings. The van der Waals surface area contributed by atoms with E-state index in [9.17, 15) is 19.2 Å². The number of carbonyl (C=O) groups is 5. The van der Waals surface area contributed by atoms with Gasteiger partial charge in [-0.1, -0.05) is 58.0 Å². The summed E-state index contributed by atoms with van der Waals surface area (Å²) in [6, 6.07) is 9.36. The molecule has 4 amide bonds. The SMILES string of the molecule is CC.CC(C)C(C)NC(=O)CNC=O.CC(CC=O)NC(=O)OCc1ccccc1.COC.NC=O. The van der Waals surface area contributed by atoms with Gasteiger partial charge in [-0.05, 0) is 25.3 Å². The summed E-state index contributed by atoms with van der Waals surface area (Å²) in [7, 11) is 3.25. The first kappa shape index (κ1) is 39.7. The molecule has 1 aromatic carbocycles. The molecule has 0 aliphatic rings. The second-order valence-electron chi connectivity index (χ2n) is 7.15. The summed E-state index contributed by atoms with van der Waals surface area (Å²) in [6.45, 7) is 12.0. The van der Waals surface area contributed by atoms with Crippen LogP contribution in [0.15, 0.2) is 30.3 Å². The van der Waals surface area contributed by atoms with Crippen molar-refractivity contribution < 1.29 is 33.4 Å². The number of nitrogens with two attached hydrogens (primary N) is 1. The van der Waals surface area contributed by atoms with Crippen LogP contribution in [0.4, 0.5) is 4.79 Å². The molecule has 0 heterocycles. The molecular formula is C25H46N4O7. The lowest BCUT2D eigenvalue weighted by Gasteiger charge is -2.16. The van der Waals surface area contributed by atoms with Crippen LogP contribution in [0.1, 0.15) is 53.5 Å². The maximum Gasteiger partial charge on any atom is 0.407 e. The molecule has 36 heavy (non-hydrogen) atoms. The lowest BCUT2D eigenvalue weighted by atomic mass is 10.1. The Kier molecular flexibility index (Phi) is 34.8. The lowest BCUT2D eigenvalue weighted by molar-refractivity contribution is -0.122. The van der Waals surface area contributed by atoms with Crippen LogP contribution < -0.4 is 21.7 Å². The van der Waals surface area contributed by atoms with E-state index in [1.807, 2.05) is 65.0 Å². The van der Waals surface area contributed by atoms with Crippen LogP contribution in [-0.2, 0) is 35.3 Å². The summed E-state index contributed by atoms with van der Waals surface area (Å²) in [6.07, 6.45) is 1.32. The second kappa shape index (κ2) is 31.5. The minimum absolute atomic E-state index is 0.0561. The van der Waals surface area contributed by atoms with Gasteiger partial charge in [0.2, 0.25) is 18.7 Å². The molecule has 208 valence electrons. The topological polar surface area (TPSA) is 166 Å². The third-order valence-electron chi connectivity index (χ3n) is 3.76. The maximum absolute atomic E-state index is 11.3. The van der Waals surface area contributed by atoms with Gasteiger partial charge in [-0.2, -0.15) is 0 Å². The normalized spacial score (nSPS) is 10.2. The highest BCUT2D eigenvalue weighted by molar-refractivity contribution is 5.80. The van der Waals surface area contributed by atoms with E-state index in [0.29, 0.717) is 18.7 Å². The van der Waals surface area contributed by atoms with E-state index < -0.39 is 6.09 Å². The van der Waals surface area contributed by atoms with E-state index in [2.05, 4.69) is 26.4 Å². The number of ether oxygens (including phenoxy) is 2. The number of hydrogen-bond acceptors (Lipinski definition) is 7. The quantitative estimate of drug-likeness (QED) is 0.347. The number of amides is 4. The minimum atomic E-state index is -0.502. The fourth-order valence-electron chi connectivity index (χ4n) is 1.78. The Balaban J connectivity index is -0.000000225. The summed E-state index contributed by atoms with van der Waals surface area (Å²) in [5.74, 6) is 0.258. The van der Waals surface area contributed by atoms with Crippen LogP contribution in [0.5, 0.6) is 0 Å². The number of benzene rings is 1. The van der Waals surface area contributed by atoms with Crippen LogP contribution in [0.3, 0.4) is 0 Å². The van der Waals surface area contributed by atoms with Crippen LogP contribution in [-0.4, -0.2) is 64.0 Å². The van der Waals surface area contributed by atoms with Crippen molar-refractivity contribution in [2.75, 3.05) is 20.8 Å². The number of aldehydes is 1. The second-order valence-corrected chi connectivity index (χ2v) is 7.15. The van der Waals surface area contributed by atoms with Gasteiger partial charge in [0.1, 0.15) is 12.9 Å². The van der Waals surface area contributed by atoms with Gasteiger partial charge in [-0.15, -0.1) is 0 Å². The average molecular weight is 515 g/mol. The fraction of sp³-hybridized carbons (Fsp3) is 0.560. The van der Waals surface area contributed by atoms with E-state index in [1.54, 1.807) is 21.1 Å². The molecule has 0 saturated heterocycles. The van der Waals surface area contributed by atoms with Gasteiger partial charge in [-0.25, -0.2) is 4.79 Å². The van der Waals surface area contributed by atoms with E-state index in [4.69, 9.17) is 9.53 Å². The highest BCUT2D eigenvalue weighted by Gasteiger charge is 2.09. The molecule has 2 unspecified atom stereocenters. The van der Waals surface area contributed by atoms with Gasteiger partial charge in [0, 0.05) is 32.7 Å². The highest BCUT2D eigenvalue weighted by atomic mass is 16.5. The van der Waals surface area contributed by atoms with Gasteiger partial charge in [0.25, 0.3) is 0 Å². The molecule has 0 bridgehead atoms. The van der Waals surface area contributed by atoms with Crippen molar-refractivity contribution in [1.82, 2.24) is 16.0 Å². The summed E-state index contributed by atoms with van der Waals surface area (Å²) in [5, 5.41) is 7.61. The Bertz CT molecular complexity index is 659. The molecule has 0 radical (unpaired) electrons. The molecule has 11 heteroatoms. The molecule has 0 aromatic heterocycles. The van der Waals surface area contributed by atoms with Gasteiger partial charge < -0.3 is 36.0 Å². The smallest absolute Gasteiger partial charge is 0.407 e. The monoisotopic (exact) mass is 514 g/mol. The van der Waals surface area contributed by atoms with Gasteiger partial charge in [0.15, 0.2) is 0 Å². The molecular weight excluding hydrogens is 468 g/mol. The Hall–Kier alpha value is -3.47. The Labute approximate surface area is 215 Å². The van der Waals surface area contributed by atoms with E-state index >= 15 is 0 Å². The van der Waals surface area contributed by atoms with Gasteiger partial charge in [0.05, 0.1) is 6.54 Å². The summed E-state index contributed by atoms with van der Waals surface area (Å²) in [5.41, 5.74) is 5.10. The Morgan fingerprint density at radius 2 is 1.47 bits per heavy atom. The molecule has 1 rings (SSSR count). The van der Waals surface area contributed by atoms with Crippen molar-refractivity contribution in [2.45, 2.75) is 66.7 Å². The number of carbonyl (C=O) groups excluding carboxylic acids is 5. The molecule has 11 nitrogen and oxygen atoms in total. The first-order chi connectivity index (χ1) is 17.1. The highest BCUT2D eigenvalue weighted by Crippen LogP contribution is 2.01. The van der Waals surface area contributed by atoms with Crippen LogP contribution in [0.25, 0.3) is 0 Å². The van der Waals surface area contributed by atoms with Gasteiger partial charge >= 0.3 is 6.09 Å². The van der Waals surface area contributed by atoms with Crippen molar-refractivity contribution in [2.24, 2.45) is 11.7 Å². The zero-order chi connectivity index (χ0) is 28.8. The fourth-order valence-corrected chi connectivity index (χ4v) is 1.78. The van der Waals surface area contributed by atoms with Gasteiger partial charge in [-0.3, -0.25) is 14.4 Å². The molecule has 2 atom stereocenters. The predicted octanol–water partition coefficient (Wildman–Crippen LogP) is 2.17. The standard InChI is InChI=1S/C12H15NO3.C8H16N2O2.C2H6O.C2H6.CH3NO/c1-10(7-8-14)13-12(15)16-9-11-5-3-2-4-6-11;1-6(2)7(3)10-8(12)4-9-5-11;1-3-2;1-2;2-1-3/h2-6,8,10H,7,9H2,1H3,(H,13,15);5-7H,4H2,1-3H3,(H,9,11)(H,10,12);1-2H3;1-2H3;1H,(H2,2,3). The summed E-state index contributed by atoms with van der Waals surface area (Å²) >= 11 is 0. The third-order valence-corrected chi connectivity index (χ3v) is 3.76. The lowest BCUT2D eigenvalue weighted by Crippen LogP contribution is -2.41. The number of methoxy groups -OCH3 is 1. The zero-order valence-electron chi connectivity index (χ0n) is 22.9. The Morgan fingerprint density at radius 1 is 0.972 bits per heavy atom. The molecule has 0 aliphatic heterocycles. The van der Waals surface area contributed by atoms with Crippen LogP contribution in [0.2, 0.25) is 0 Å². The van der Waals surface area contributed by atoms with E-state index in [-0.39, 0.29) is 37.6 Å². The predicted molar refractivity (Wildman–Crippen MR) is 141 cm³/mol. The van der Waals surface area contributed by atoms with Crippen molar-refractivity contribution in [3.05, 3.63) is 35.9 Å². The van der Waals surface area contributed by atoms with E-state index in [1.165, 1.54) is 0 Å². The molecule has 1 aromatic rings. The zero-order valence-corrected chi connectivity index (χ0v) is 22.9. The molecule has 5 N–H and O–H groups in total. The van der Waals surface area contributed by atoms with Crippen LogP contribution >= 0.6 is 0 Å². The summed E-state index contributed by atoms with van der Waals surface area (Å²) < 4.78 is 9.23. The largest absolute Gasteiger partial charge is 0.445 e. The minimum Gasteiger partial charge on any atom is -0.445 e. The Morgan fingerprint density at radius 3 is 1.89 bits per heavy atom. The average Bonchev–Trinajstić information content (AvgIpc) is 2.85. The number of hydrogen-bond donors (Lipinski definition) is 4. The first-order valence-electron chi connectivity index (χ1n) is 11.6. The third kappa shape index (κ3) is 32.7. The molecule has 0 spiro atoms. The van der Waals surface area contributed by atoms with Crippen LogP contribution in [0, 0.1) is 5.92 Å². The number of primary amides is 1. The molecule has 0 saturated carbocycles. The van der Waals surface area contributed by atoms with E-state index in [0.717, 1.165) is 11.8 Å². The van der Waals surface area contributed by atoms with Crippen molar-refractivity contribution in [3.8, 4) is 0 Å². The van der Waals surface area contributed by atoms with Crippen molar-refractivity contribution in [3.63, 3.8) is 0 Å². The number of rotatable bonds is 10. The number of alkyl carbamates (subject to hydrolysis) is 1. The first-order valence-corrected chi connectivity index (χ1v) is 11.6. The summed E-state index contributed by atoms with van der Waals surface area (Å²) in [4.78, 5) is 50.8. The number of nitrogens with one attached hydrogen (secondary N) is 3. The maximum atomic E-state index is 11.3. The van der Waals surface area contributed by atoms with Crippen molar-refractivity contribution >= 4 is 31.1 Å². The molecule has 0 aliphatic carbocycles.